The topological polar surface area (TPSA) is 187 Å². The van der Waals surface area contributed by atoms with Crippen molar-refractivity contribution in [2.24, 2.45) is 0 Å². The summed E-state index contributed by atoms with van der Waals surface area (Å²) in [4.78, 5) is 36.4. The molecule has 2 fully saturated rings. The van der Waals surface area contributed by atoms with Gasteiger partial charge in [0.25, 0.3) is 5.91 Å². The van der Waals surface area contributed by atoms with Gasteiger partial charge in [-0.05, 0) is 86.9 Å². The maximum Gasteiger partial charge on any atom is 0.252 e. The van der Waals surface area contributed by atoms with Crippen LogP contribution in [0.15, 0.2) is 104 Å². The lowest BCUT2D eigenvalue weighted by Crippen LogP contribution is -2.42. The van der Waals surface area contributed by atoms with E-state index in [1.54, 1.807) is 17.2 Å². The van der Waals surface area contributed by atoms with Crippen molar-refractivity contribution in [3.05, 3.63) is 115 Å². The molecule has 16 nitrogen and oxygen atoms in total. The van der Waals surface area contributed by atoms with Crippen molar-refractivity contribution in [2.75, 3.05) is 48.8 Å². The number of nitrogen functional groups attached to an aromatic ring is 1. The number of pyridine rings is 1. The third-order valence-corrected chi connectivity index (χ3v) is 11.9. The normalized spacial score (nSPS) is 16.7. The molecule has 0 unspecified atom stereocenters. The van der Waals surface area contributed by atoms with Gasteiger partial charge in [0, 0.05) is 73.9 Å². The van der Waals surface area contributed by atoms with Crippen molar-refractivity contribution >= 4 is 40.0 Å². The van der Waals surface area contributed by atoms with Crippen LogP contribution in [0.5, 0.6) is 17.4 Å². The highest BCUT2D eigenvalue weighted by Crippen LogP contribution is 2.35. The number of carbonyl (C=O) groups is 1. The van der Waals surface area contributed by atoms with Crippen LogP contribution in [-0.2, 0) is 17.8 Å². The number of hydrogen-bond donors (Lipinski definition) is 3. The molecule has 0 spiro atoms. The molecule has 2 aliphatic heterocycles. The van der Waals surface area contributed by atoms with Crippen LogP contribution >= 0.6 is 0 Å². The summed E-state index contributed by atoms with van der Waals surface area (Å²) >= 11 is 0. The average molecular weight is 849 g/mol. The van der Waals surface area contributed by atoms with Crippen LogP contribution in [0.1, 0.15) is 62.6 Å². The highest BCUT2D eigenvalue weighted by molar-refractivity contribution is 5.98. The molecule has 1 amide bonds. The fraction of sp³-hybridized carbons (Fsp3) is 0.340. The smallest absolute Gasteiger partial charge is 0.252 e. The number of amides is 1. The molecular weight excluding hydrogens is 797 g/mol. The highest BCUT2D eigenvalue weighted by atomic mass is 16.5. The molecule has 5 aromatic heterocycles. The molecule has 0 radical (unpaired) electrons. The second-order valence-corrected chi connectivity index (χ2v) is 16.1. The summed E-state index contributed by atoms with van der Waals surface area (Å²) in [5.41, 5.74) is 11.7. The summed E-state index contributed by atoms with van der Waals surface area (Å²) in [6, 6.07) is 23.2. The van der Waals surface area contributed by atoms with E-state index >= 15 is 0 Å². The lowest BCUT2D eigenvalue weighted by molar-refractivity contribution is -0.129. The Kier molecular flexibility index (Phi) is 12.1. The number of nitrogens with two attached hydrogens (primary N) is 1. The van der Waals surface area contributed by atoms with Gasteiger partial charge >= 0.3 is 0 Å². The number of likely N-dealkylation sites (tertiary alicyclic amines) is 1. The van der Waals surface area contributed by atoms with E-state index in [-0.39, 0.29) is 31.2 Å². The Bertz CT molecular complexity index is 2700. The largest absolute Gasteiger partial charge is 0.473 e. The summed E-state index contributed by atoms with van der Waals surface area (Å²) in [5.74, 6) is 3.72. The van der Waals surface area contributed by atoms with Crippen LogP contribution in [0.2, 0.25) is 0 Å². The zero-order valence-electron chi connectivity index (χ0n) is 35.4. The van der Waals surface area contributed by atoms with Gasteiger partial charge in [-0.1, -0.05) is 37.8 Å². The predicted molar refractivity (Wildman–Crippen MR) is 242 cm³/mol. The number of nitrogens with one attached hydrogen (secondary N) is 1. The first-order valence-electron chi connectivity index (χ1n) is 21.7. The first kappa shape index (κ1) is 41.3. The minimum absolute atomic E-state index is 0.00219. The van der Waals surface area contributed by atoms with Crippen LogP contribution < -0.4 is 25.4 Å². The fourth-order valence-corrected chi connectivity index (χ4v) is 8.61. The van der Waals surface area contributed by atoms with Gasteiger partial charge in [-0.3, -0.25) is 4.79 Å². The number of aliphatic hydroxyl groups is 1. The van der Waals surface area contributed by atoms with Gasteiger partial charge in [0.2, 0.25) is 5.88 Å². The second kappa shape index (κ2) is 18.5. The first-order valence-corrected chi connectivity index (χ1v) is 21.7. The molecule has 0 aliphatic carbocycles. The SMILES string of the molecule is C=C(COc1ccc(CNc2cc(N3CCCC[C@H]3CCO)nc3c(CC)cnn23)cn1)C(=O)N1CCC[C@@H](n2nc(-c3ccc(Oc4ccccc4)cc3)c3c(N)ncnc32)C1. The van der Waals surface area contributed by atoms with Crippen LogP contribution in [0, 0.1) is 0 Å². The Morgan fingerprint density at radius 3 is 2.59 bits per heavy atom. The number of aromatic nitrogens is 8. The van der Waals surface area contributed by atoms with E-state index in [1.165, 1.54) is 6.33 Å². The van der Waals surface area contributed by atoms with Crippen LogP contribution in [0.4, 0.5) is 17.5 Å². The summed E-state index contributed by atoms with van der Waals surface area (Å²) in [6.45, 7) is 8.77. The van der Waals surface area contributed by atoms with Gasteiger partial charge in [0.1, 0.15) is 47.6 Å². The van der Waals surface area contributed by atoms with Crippen molar-refractivity contribution in [3.8, 4) is 28.6 Å². The number of piperidine rings is 2. The molecule has 324 valence electrons. The molecule has 7 heterocycles. The van der Waals surface area contributed by atoms with Crippen molar-refractivity contribution in [1.82, 2.24) is 44.2 Å². The molecule has 2 saturated heterocycles. The molecule has 0 saturated carbocycles. The Balaban J connectivity index is 0.827. The van der Waals surface area contributed by atoms with Crippen molar-refractivity contribution in [3.63, 3.8) is 0 Å². The number of para-hydroxylation sites is 1. The monoisotopic (exact) mass is 848 g/mol. The lowest BCUT2D eigenvalue weighted by atomic mass is 9.99. The maximum atomic E-state index is 13.8. The van der Waals surface area contributed by atoms with E-state index in [2.05, 4.69) is 49.8 Å². The number of rotatable bonds is 15. The third-order valence-electron chi connectivity index (χ3n) is 11.9. The number of aliphatic hydroxyl groups excluding tert-OH is 1. The van der Waals surface area contributed by atoms with Gasteiger partial charge < -0.3 is 35.4 Å². The van der Waals surface area contributed by atoms with Crippen LogP contribution in [0.3, 0.4) is 0 Å². The number of benzene rings is 2. The predicted octanol–water partition coefficient (Wildman–Crippen LogP) is 7.02. The van der Waals surface area contributed by atoms with Gasteiger partial charge in [0.15, 0.2) is 11.3 Å². The zero-order valence-corrected chi connectivity index (χ0v) is 35.4. The summed E-state index contributed by atoms with van der Waals surface area (Å²) in [6.07, 6.45) is 11.5. The quantitative estimate of drug-likeness (QED) is 0.0895. The maximum absolute atomic E-state index is 13.8. The van der Waals surface area contributed by atoms with E-state index in [4.69, 9.17) is 25.3 Å². The second-order valence-electron chi connectivity index (χ2n) is 16.1. The minimum Gasteiger partial charge on any atom is -0.473 e. The Morgan fingerprint density at radius 2 is 1.79 bits per heavy atom. The number of aryl methyl sites for hydroxylation is 1. The van der Waals surface area contributed by atoms with Crippen molar-refractivity contribution < 1.29 is 19.4 Å². The molecule has 0 bridgehead atoms. The summed E-state index contributed by atoms with van der Waals surface area (Å²) < 4.78 is 15.7. The molecular formula is C47H52N12O4. The molecule has 2 aliphatic rings. The number of anilines is 3. The molecule has 7 aromatic rings. The van der Waals surface area contributed by atoms with Crippen LogP contribution in [-0.4, -0.2) is 94.1 Å². The molecule has 16 heteroatoms. The van der Waals surface area contributed by atoms with Crippen molar-refractivity contribution in [1.29, 1.82) is 0 Å². The molecule has 4 N–H and O–H groups in total. The molecule has 63 heavy (non-hydrogen) atoms. The van der Waals surface area contributed by atoms with Gasteiger partial charge in [0.05, 0.1) is 17.6 Å². The van der Waals surface area contributed by atoms with E-state index in [1.807, 2.05) is 76.1 Å². The summed E-state index contributed by atoms with van der Waals surface area (Å²) in [7, 11) is 0. The summed E-state index contributed by atoms with van der Waals surface area (Å²) in [5, 5.41) is 23.6. The number of fused-ring (bicyclic) bond motifs is 2. The number of carbonyl (C=O) groups excluding carboxylic acids is 1. The fourth-order valence-electron chi connectivity index (χ4n) is 8.61. The lowest BCUT2D eigenvalue weighted by Gasteiger charge is -2.36. The highest BCUT2D eigenvalue weighted by Gasteiger charge is 2.30. The first-order chi connectivity index (χ1) is 30.9. The third kappa shape index (κ3) is 8.84. The number of nitrogens with zero attached hydrogens (tertiary/aromatic N) is 10. The number of hydrogen-bond acceptors (Lipinski definition) is 13. The van der Waals surface area contributed by atoms with E-state index in [0.717, 1.165) is 91.2 Å². The Hall–Kier alpha value is -7.07. The van der Waals surface area contributed by atoms with E-state index in [9.17, 15) is 9.90 Å². The van der Waals surface area contributed by atoms with E-state index in [0.29, 0.717) is 59.4 Å². The molecule has 9 rings (SSSR count). The Morgan fingerprint density at radius 1 is 0.952 bits per heavy atom. The van der Waals surface area contributed by atoms with Crippen molar-refractivity contribution in [2.45, 2.75) is 70.5 Å². The minimum atomic E-state index is -0.180. The van der Waals surface area contributed by atoms with Gasteiger partial charge in [-0.25, -0.2) is 24.6 Å². The standard InChI is InChI=1S/C47H52N12O4/c1-3-33-27-53-59-39(24-40(54-45(33)59)57-22-8-7-10-35(57)20-23-60)49-25-32-14-19-41(50-26-32)62-29-31(2)47(61)56-21-9-11-36(28-56)58-46-42(44(48)51-30-52-46)43(55-58)34-15-17-38(18-16-34)63-37-12-5-4-6-13-37/h4-6,12-19,24,26-27,30,35-36,49,60H,2-3,7-11,20-23,25,28-29H2,1H3,(H2,48,51,52)/t35-,36+/m0/s1. The Labute approximate surface area is 365 Å². The molecule has 2 aromatic carbocycles. The molecule has 2 atom stereocenters. The average Bonchev–Trinajstić information content (AvgIpc) is 3.94. The van der Waals surface area contributed by atoms with Crippen LogP contribution in [0.25, 0.3) is 27.9 Å². The number of ether oxygens (including phenoxy) is 2. The zero-order chi connectivity index (χ0) is 43.3. The van der Waals surface area contributed by atoms with Gasteiger partial charge in [-0.15, -0.1) is 0 Å². The van der Waals surface area contributed by atoms with E-state index < -0.39 is 0 Å². The van der Waals surface area contributed by atoms with Gasteiger partial charge in [-0.2, -0.15) is 14.7 Å².